The fourth-order valence-corrected chi connectivity index (χ4v) is 2.91. The first-order valence-corrected chi connectivity index (χ1v) is 7.22. The molecule has 1 rings (SSSR count). The number of sulfonamides is 1. The molecule has 118 valence electrons. The average Bonchev–Trinajstić information content (AvgIpc) is 2.25. The predicted molar refractivity (Wildman–Crippen MR) is 69.1 cm³/mol. The number of hydrogen-bond acceptors (Lipinski definition) is 5. The Morgan fingerprint density at radius 3 is 2.29 bits per heavy atom. The van der Waals surface area contributed by atoms with Crippen LogP contribution in [-0.4, -0.2) is 30.1 Å². The summed E-state index contributed by atoms with van der Waals surface area (Å²) < 4.78 is 52.9. The Morgan fingerprint density at radius 2 is 1.86 bits per heavy atom. The van der Waals surface area contributed by atoms with Gasteiger partial charge in [0.2, 0.25) is 15.8 Å². The van der Waals surface area contributed by atoms with Gasteiger partial charge in [-0.3, -0.25) is 10.1 Å². The summed E-state index contributed by atoms with van der Waals surface area (Å²) in [6, 6.07) is 0.424. The van der Waals surface area contributed by atoms with E-state index < -0.39 is 48.8 Å². The molecule has 0 bridgehead atoms. The van der Waals surface area contributed by atoms with Gasteiger partial charge >= 0.3 is 5.69 Å². The first-order valence-electron chi connectivity index (χ1n) is 5.74. The number of nitrogens with one attached hydrogen (secondary N) is 1. The van der Waals surface area contributed by atoms with Gasteiger partial charge in [-0.2, -0.15) is 4.39 Å². The summed E-state index contributed by atoms with van der Waals surface area (Å²) in [5, 5.41) is 20.1. The minimum Gasteiger partial charge on any atom is -0.391 e. The number of nitro benzene ring substituents is 1. The summed E-state index contributed by atoms with van der Waals surface area (Å²) in [5.74, 6) is -2.95. The van der Waals surface area contributed by atoms with Crippen LogP contribution < -0.4 is 4.72 Å². The van der Waals surface area contributed by atoms with Crippen molar-refractivity contribution in [3.8, 4) is 0 Å². The van der Waals surface area contributed by atoms with E-state index in [1.807, 2.05) is 4.72 Å². The van der Waals surface area contributed by atoms with Gasteiger partial charge < -0.3 is 5.11 Å². The zero-order valence-corrected chi connectivity index (χ0v) is 12.2. The van der Waals surface area contributed by atoms with Crippen LogP contribution in [0.1, 0.15) is 20.8 Å². The van der Waals surface area contributed by atoms with Crippen molar-refractivity contribution in [3.63, 3.8) is 0 Å². The molecular formula is C11H14F2N2O5S. The molecule has 0 radical (unpaired) electrons. The maximum absolute atomic E-state index is 13.6. The quantitative estimate of drug-likeness (QED) is 0.627. The van der Waals surface area contributed by atoms with E-state index in [4.69, 9.17) is 0 Å². The molecule has 0 aliphatic heterocycles. The van der Waals surface area contributed by atoms with E-state index in [9.17, 15) is 32.4 Å². The third kappa shape index (κ3) is 3.71. The molecule has 0 aliphatic rings. The Kier molecular flexibility index (Phi) is 4.66. The van der Waals surface area contributed by atoms with Crippen molar-refractivity contribution < 1.29 is 27.2 Å². The van der Waals surface area contributed by atoms with Crippen molar-refractivity contribution in [2.24, 2.45) is 0 Å². The van der Waals surface area contributed by atoms with Crippen molar-refractivity contribution >= 4 is 15.7 Å². The molecule has 2 N–H and O–H groups in total. The predicted octanol–water partition coefficient (Wildman–Crippen LogP) is 1.31. The molecule has 0 aliphatic carbocycles. The third-order valence-corrected chi connectivity index (χ3v) is 4.62. The fraction of sp³-hybridized carbons (Fsp3) is 0.455. The molecule has 1 aromatic rings. The van der Waals surface area contributed by atoms with Gasteiger partial charge in [-0.05, 0) is 20.8 Å². The van der Waals surface area contributed by atoms with Gasteiger partial charge in [-0.1, -0.05) is 0 Å². The van der Waals surface area contributed by atoms with Crippen LogP contribution in [0.4, 0.5) is 14.5 Å². The highest BCUT2D eigenvalue weighted by atomic mass is 32.2. The normalized spacial score (nSPS) is 14.0. The summed E-state index contributed by atoms with van der Waals surface area (Å²) in [5.41, 5.74) is -2.51. The van der Waals surface area contributed by atoms with Crippen molar-refractivity contribution in [2.45, 2.75) is 37.3 Å². The summed E-state index contributed by atoms with van der Waals surface area (Å²) in [6.07, 6.45) is -1.12. The number of rotatable bonds is 5. The SMILES string of the molecule is CC(O)C(C)(C)NS(=O)(=O)c1cc([N+](=O)[O-])c(F)cc1F. The maximum atomic E-state index is 13.6. The van der Waals surface area contributed by atoms with Gasteiger partial charge in [0.05, 0.1) is 16.6 Å². The second kappa shape index (κ2) is 5.62. The molecular weight excluding hydrogens is 310 g/mol. The molecule has 0 aromatic heterocycles. The first kappa shape index (κ1) is 17.4. The minimum absolute atomic E-state index is 0.127. The topological polar surface area (TPSA) is 110 Å². The molecule has 0 heterocycles. The number of aliphatic hydroxyl groups is 1. The molecule has 1 aromatic carbocycles. The third-order valence-electron chi connectivity index (χ3n) is 2.93. The lowest BCUT2D eigenvalue weighted by Crippen LogP contribution is -2.50. The monoisotopic (exact) mass is 324 g/mol. The van der Waals surface area contributed by atoms with E-state index in [1.165, 1.54) is 20.8 Å². The minimum atomic E-state index is -4.52. The highest BCUT2D eigenvalue weighted by Crippen LogP contribution is 2.26. The molecule has 0 fully saturated rings. The Bertz CT molecular complexity index is 673. The Balaban J connectivity index is 3.39. The highest BCUT2D eigenvalue weighted by Gasteiger charge is 2.33. The van der Waals surface area contributed by atoms with Crippen molar-refractivity contribution in [2.75, 3.05) is 0 Å². The number of halogens is 2. The zero-order chi connectivity index (χ0) is 16.6. The van der Waals surface area contributed by atoms with Gasteiger partial charge in [0.25, 0.3) is 0 Å². The number of aliphatic hydroxyl groups excluding tert-OH is 1. The average molecular weight is 324 g/mol. The lowest BCUT2D eigenvalue weighted by molar-refractivity contribution is -0.387. The molecule has 1 unspecified atom stereocenters. The van der Waals surface area contributed by atoms with Crippen LogP contribution in [0.15, 0.2) is 17.0 Å². The van der Waals surface area contributed by atoms with E-state index in [2.05, 4.69) is 0 Å². The van der Waals surface area contributed by atoms with E-state index >= 15 is 0 Å². The second-order valence-corrected chi connectivity index (χ2v) is 6.65. The molecule has 0 amide bonds. The van der Waals surface area contributed by atoms with Gasteiger partial charge in [0.1, 0.15) is 10.7 Å². The van der Waals surface area contributed by atoms with Crippen molar-refractivity contribution in [1.29, 1.82) is 0 Å². The molecule has 7 nitrogen and oxygen atoms in total. The Hall–Kier alpha value is -1.65. The van der Waals surface area contributed by atoms with E-state index in [0.717, 1.165) is 0 Å². The fourth-order valence-electron chi connectivity index (χ4n) is 1.35. The van der Waals surface area contributed by atoms with Crippen LogP contribution in [0.3, 0.4) is 0 Å². The van der Waals surface area contributed by atoms with Crippen LogP contribution in [0.25, 0.3) is 0 Å². The zero-order valence-electron chi connectivity index (χ0n) is 11.4. The van der Waals surface area contributed by atoms with Crippen molar-refractivity contribution in [3.05, 3.63) is 33.9 Å². The lowest BCUT2D eigenvalue weighted by atomic mass is 10.0. The van der Waals surface area contributed by atoms with E-state index in [0.29, 0.717) is 6.07 Å². The number of hydrogen-bond donors (Lipinski definition) is 2. The smallest absolute Gasteiger partial charge is 0.306 e. The molecule has 10 heteroatoms. The lowest BCUT2D eigenvalue weighted by Gasteiger charge is -2.28. The Labute approximate surface area is 119 Å². The molecule has 21 heavy (non-hydrogen) atoms. The summed E-state index contributed by atoms with van der Waals surface area (Å²) in [4.78, 5) is 8.37. The van der Waals surface area contributed by atoms with Gasteiger partial charge in [0, 0.05) is 12.1 Å². The summed E-state index contributed by atoms with van der Waals surface area (Å²) in [7, 11) is -4.52. The van der Waals surface area contributed by atoms with Gasteiger partial charge in [-0.25, -0.2) is 17.5 Å². The summed E-state index contributed by atoms with van der Waals surface area (Å²) >= 11 is 0. The first-order chi connectivity index (χ1) is 9.38. The van der Waals surface area contributed by atoms with Crippen LogP contribution >= 0.6 is 0 Å². The Morgan fingerprint density at radius 1 is 1.33 bits per heavy atom. The summed E-state index contributed by atoms with van der Waals surface area (Å²) in [6.45, 7) is 3.99. The van der Waals surface area contributed by atoms with Crippen LogP contribution in [0.5, 0.6) is 0 Å². The van der Waals surface area contributed by atoms with Crippen LogP contribution in [0, 0.1) is 21.7 Å². The highest BCUT2D eigenvalue weighted by molar-refractivity contribution is 7.89. The molecule has 0 saturated carbocycles. The van der Waals surface area contributed by atoms with Crippen molar-refractivity contribution in [1.82, 2.24) is 4.72 Å². The second-order valence-electron chi connectivity index (χ2n) is 4.99. The molecule has 0 spiro atoms. The van der Waals surface area contributed by atoms with Crippen LogP contribution in [0.2, 0.25) is 0 Å². The van der Waals surface area contributed by atoms with E-state index in [-0.39, 0.29) is 6.07 Å². The number of nitrogens with zero attached hydrogens (tertiary/aromatic N) is 1. The largest absolute Gasteiger partial charge is 0.391 e. The van der Waals surface area contributed by atoms with Gasteiger partial charge in [-0.15, -0.1) is 0 Å². The van der Waals surface area contributed by atoms with Crippen LogP contribution in [-0.2, 0) is 10.0 Å². The maximum Gasteiger partial charge on any atom is 0.306 e. The molecule has 0 saturated heterocycles. The standard InChI is InChI=1S/C11H14F2N2O5S/c1-6(16)11(2,3)14-21(19,20)10-5-9(15(17)18)7(12)4-8(10)13/h4-6,14,16H,1-3H3. The number of benzene rings is 1. The van der Waals surface area contributed by atoms with E-state index in [1.54, 1.807) is 0 Å². The van der Waals surface area contributed by atoms with Gasteiger partial charge in [0.15, 0.2) is 0 Å². The number of nitro groups is 1. The molecule has 1 atom stereocenters.